The summed E-state index contributed by atoms with van der Waals surface area (Å²) < 4.78 is 0. The van der Waals surface area contributed by atoms with Crippen LogP contribution in [0.25, 0.3) is 10.8 Å². The summed E-state index contributed by atoms with van der Waals surface area (Å²) in [4.78, 5) is 12.6. The molecular weight excluding hydrogens is 288 g/mol. The highest BCUT2D eigenvalue weighted by molar-refractivity contribution is 6.14. The molecular formula is C20H24O3. The molecule has 0 radical (unpaired) electrons. The Morgan fingerprint density at radius 3 is 2.43 bits per heavy atom. The van der Waals surface area contributed by atoms with Crippen molar-refractivity contribution >= 4 is 16.6 Å². The van der Waals surface area contributed by atoms with Crippen LogP contribution in [0.3, 0.4) is 0 Å². The van der Waals surface area contributed by atoms with Crippen molar-refractivity contribution in [1.29, 1.82) is 0 Å². The number of aliphatic hydroxyl groups is 1. The van der Waals surface area contributed by atoms with Gasteiger partial charge in [0.15, 0.2) is 5.78 Å². The predicted octanol–water partition coefficient (Wildman–Crippen LogP) is 4.49. The first-order valence-electron chi connectivity index (χ1n) is 7.82. The number of hydrogen-bond donors (Lipinski definition) is 2. The number of aromatic hydroxyl groups is 1. The van der Waals surface area contributed by atoms with Gasteiger partial charge in [-0.05, 0) is 72.9 Å². The summed E-state index contributed by atoms with van der Waals surface area (Å²) in [5.41, 5.74) is 1.24. The zero-order chi connectivity index (χ0) is 17.4. The fraction of sp³-hybridized carbons (Fsp3) is 0.350. The quantitative estimate of drug-likeness (QED) is 0.646. The number of carbonyl (C=O) groups is 1. The van der Waals surface area contributed by atoms with Crippen LogP contribution < -0.4 is 0 Å². The van der Waals surface area contributed by atoms with Crippen molar-refractivity contribution in [3.8, 4) is 5.75 Å². The lowest BCUT2D eigenvalue weighted by Gasteiger charge is -2.14. The van der Waals surface area contributed by atoms with Gasteiger partial charge in [0, 0.05) is 5.56 Å². The van der Waals surface area contributed by atoms with E-state index in [0.717, 1.165) is 21.9 Å². The minimum atomic E-state index is -1.04. The normalized spacial score (nSPS) is 12.5. The lowest BCUT2D eigenvalue weighted by molar-refractivity contribution is 0.103. The van der Waals surface area contributed by atoms with Gasteiger partial charge in [-0.1, -0.05) is 26.0 Å². The molecule has 0 bridgehead atoms. The van der Waals surface area contributed by atoms with Crippen LogP contribution in [-0.4, -0.2) is 21.6 Å². The predicted molar refractivity (Wildman–Crippen MR) is 94.2 cm³/mol. The van der Waals surface area contributed by atoms with Crippen LogP contribution in [0.5, 0.6) is 5.75 Å². The zero-order valence-corrected chi connectivity index (χ0v) is 14.3. The standard InChI is InChI=1S/C20H24O3/c1-12(2)15-10-14-7-6-13(3)19(16(14)11-18(15)22)17(21)8-9-20(4,5)23/h6-12,22-23H,1-5H3/b9-8+. The third-order valence-electron chi connectivity index (χ3n) is 3.89. The van der Waals surface area contributed by atoms with Crippen LogP contribution in [0.15, 0.2) is 36.4 Å². The molecule has 2 aromatic rings. The first-order valence-corrected chi connectivity index (χ1v) is 7.82. The van der Waals surface area contributed by atoms with E-state index >= 15 is 0 Å². The maximum Gasteiger partial charge on any atom is 0.186 e. The first kappa shape index (κ1) is 17.2. The van der Waals surface area contributed by atoms with Crippen molar-refractivity contribution < 1.29 is 15.0 Å². The average molecular weight is 312 g/mol. The molecule has 0 aliphatic carbocycles. The van der Waals surface area contributed by atoms with E-state index in [0.29, 0.717) is 5.56 Å². The van der Waals surface area contributed by atoms with Gasteiger partial charge in [0.05, 0.1) is 5.60 Å². The lowest BCUT2D eigenvalue weighted by Crippen LogP contribution is -2.14. The number of fused-ring (bicyclic) bond motifs is 1. The number of allylic oxidation sites excluding steroid dienone is 1. The van der Waals surface area contributed by atoms with E-state index in [9.17, 15) is 15.0 Å². The number of phenols is 1. The van der Waals surface area contributed by atoms with Gasteiger partial charge in [-0.3, -0.25) is 4.79 Å². The minimum Gasteiger partial charge on any atom is -0.508 e. The van der Waals surface area contributed by atoms with Gasteiger partial charge >= 0.3 is 0 Å². The smallest absolute Gasteiger partial charge is 0.186 e. The number of ketones is 1. The van der Waals surface area contributed by atoms with Crippen LogP contribution in [0.4, 0.5) is 0 Å². The fourth-order valence-corrected chi connectivity index (χ4v) is 2.64. The van der Waals surface area contributed by atoms with Gasteiger partial charge in [-0.2, -0.15) is 0 Å². The van der Waals surface area contributed by atoms with E-state index in [4.69, 9.17) is 0 Å². The van der Waals surface area contributed by atoms with Gasteiger partial charge in [-0.25, -0.2) is 0 Å². The molecule has 2 rings (SSSR count). The second kappa shape index (κ2) is 6.17. The summed E-state index contributed by atoms with van der Waals surface area (Å²) in [6.07, 6.45) is 2.88. The number of hydrogen-bond acceptors (Lipinski definition) is 3. The summed E-state index contributed by atoms with van der Waals surface area (Å²) in [5.74, 6) is 0.237. The summed E-state index contributed by atoms with van der Waals surface area (Å²) >= 11 is 0. The fourth-order valence-electron chi connectivity index (χ4n) is 2.64. The lowest BCUT2D eigenvalue weighted by atomic mass is 9.92. The molecule has 0 heterocycles. The monoisotopic (exact) mass is 312 g/mol. The molecule has 0 unspecified atom stereocenters. The second-order valence-electron chi connectivity index (χ2n) is 6.90. The number of benzene rings is 2. The van der Waals surface area contributed by atoms with E-state index < -0.39 is 5.60 Å². The molecule has 122 valence electrons. The zero-order valence-electron chi connectivity index (χ0n) is 14.3. The topological polar surface area (TPSA) is 57.5 Å². The number of aryl methyl sites for hydroxylation is 1. The molecule has 23 heavy (non-hydrogen) atoms. The third kappa shape index (κ3) is 3.80. The molecule has 2 aromatic carbocycles. The third-order valence-corrected chi connectivity index (χ3v) is 3.89. The Kier molecular flexibility index (Phi) is 4.62. The largest absolute Gasteiger partial charge is 0.508 e. The van der Waals surface area contributed by atoms with E-state index in [1.165, 1.54) is 12.2 Å². The van der Waals surface area contributed by atoms with E-state index in [2.05, 4.69) is 0 Å². The number of rotatable bonds is 4. The number of carbonyl (C=O) groups excluding carboxylic acids is 1. The van der Waals surface area contributed by atoms with Crippen molar-refractivity contribution in [2.45, 2.75) is 46.1 Å². The Morgan fingerprint density at radius 1 is 1.22 bits per heavy atom. The summed E-state index contributed by atoms with van der Waals surface area (Å²) in [5, 5.41) is 21.7. The highest BCUT2D eigenvalue weighted by atomic mass is 16.3. The molecule has 0 amide bonds. The Balaban J connectivity index is 2.64. The molecule has 0 aromatic heterocycles. The van der Waals surface area contributed by atoms with Crippen molar-refractivity contribution in [2.75, 3.05) is 0 Å². The molecule has 0 fully saturated rings. The highest BCUT2D eigenvalue weighted by Crippen LogP contribution is 2.33. The number of phenolic OH excluding ortho intramolecular Hbond substituents is 1. The maximum atomic E-state index is 12.6. The minimum absolute atomic E-state index is 0.174. The molecule has 0 aliphatic heterocycles. The van der Waals surface area contributed by atoms with E-state index in [1.807, 2.05) is 39.0 Å². The Morgan fingerprint density at radius 2 is 1.87 bits per heavy atom. The summed E-state index contributed by atoms with van der Waals surface area (Å²) in [7, 11) is 0. The maximum absolute atomic E-state index is 12.6. The molecule has 0 saturated heterocycles. The Hall–Kier alpha value is -2.13. The molecule has 3 nitrogen and oxygen atoms in total. The second-order valence-corrected chi connectivity index (χ2v) is 6.90. The first-order chi connectivity index (χ1) is 10.6. The van der Waals surface area contributed by atoms with Crippen molar-refractivity contribution in [1.82, 2.24) is 0 Å². The van der Waals surface area contributed by atoms with E-state index in [1.54, 1.807) is 19.9 Å². The summed E-state index contributed by atoms with van der Waals surface area (Å²) in [6, 6.07) is 7.48. The van der Waals surface area contributed by atoms with Crippen molar-refractivity contribution in [2.24, 2.45) is 0 Å². The summed E-state index contributed by atoms with van der Waals surface area (Å²) in [6.45, 7) is 9.15. The van der Waals surface area contributed by atoms with Gasteiger partial charge in [0.1, 0.15) is 5.75 Å². The van der Waals surface area contributed by atoms with Crippen LogP contribution in [-0.2, 0) is 0 Å². The van der Waals surface area contributed by atoms with Crippen molar-refractivity contribution in [3.05, 3.63) is 53.1 Å². The average Bonchev–Trinajstić information content (AvgIpc) is 2.43. The van der Waals surface area contributed by atoms with Gasteiger partial charge < -0.3 is 10.2 Å². The van der Waals surface area contributed by atoms with E-state index in [-0.39, 0.29) is 17.5 Å². The Labute approximate surface area is 137 Å². The Bertz CT molecular complexity index is 778. The molecule has 3 heteroatoms. The van der Waals surface area contributed by atoms with Gasteiger partial charge in [0.2, 0.25) is 0 Å². The van der Waals surface area contributed by atoms with Gasteiger partial charge in [0.25, 0.3) is 0 Å². The van der Waals surface area contributed by atoms with Crippen LogP contribution in [0, 0.1) is 6.92 Å². The SMILES string of the molecule is Cc1ccc2cc(C(C)C)c(O)cc2c1C(=O)/C=C/C(C)(C)O. The molecule has 0 spiro atoms. The van der Waals surface area contributed by atoms with Crippen LogP contribution in [0.1, 0.15) is 55.1 Å². The molecule has 2 N–H and O–H groups in total. The molecule has 0 aliphatic rings. The molecule has 0 saturated carbocycles. The van der Waals surface area contributed by atoms with Crippen molar-refractivity contribution in [3.63, 3.8) is 0 Å². The van der Waals surface area contributed by atoms with Crippen LogP contribution >= 0.6 is 0 Å². The van der Waals surface area contributed by atoms with Gasteiger partial charge in [-0.15, -0.1) is 0 Å². The van der Waals surface area contributed by atoms with Crippen LogP contribution in [0.2, 0.25) is 0 Å². The highest BCUT2D eigenvalue weighted by Gasteiger charge is 2.16. The molecule has 0 atom stereocenters.